The van der Waals surface area contributed by atoms with Crippen molar-refractivity contribution < 1.29 is 0 Å². The van der Waals surface area contributed by atoms with Crippen LogP contribution in [0.4, 0.5) is 0 Å². The van der Waals surface area contributed by atoms with E-state index in [4.69, 9.17) is 0 Å². The highest BCUT2D eigenvalue weighted by Gasteiger charge is 2.06. The Kier molecular flexibility index (Phi) is 3.23. The van der Waals surface area contributed by atoms with Crippen molar-refractivity contribution in [2.24, 2.45) is 0 Å². The number of hydrogen-bond acceptors (Lipinski definition) is 0. The lowest BCUT2D eigenvalue weighted by Gasteiger charge is -2.09. The minimum Gasteiger partial charge on any atom is -0.0610 e. The lowest BCUT2D eigenvalue weighted by molar-refractivity contribution is 1.61. The summed E-state index contributed by atoms with van der Waals surface area (Å²) in [4.78, 5) is 0. The second-order valence-corrected chi connectivity index (χ2v) is 5.92. The fraction of sp³-hybridized carbons (Fsp3) is 0. The van der Waals surface area contributed by atoms with Gasteiger partial charge in [-0.1, -0.05) is 74.3 Å². The first-order valence-electron chi connectivity index (χ1n) is 5.69. The van der Waals surface area contributed by atoms with Gasteiger partial charge in [0.1, 0.15) is 0 Å². The zero-order valence-electron chi connectivity index (χ0n) is 9.53. The molecule has 0 unspecified atom stereocenters. The second-order valence-electron chi connectivity index (χ2n) is 4.15. The molecule has 0 aromatic heterocycles. The molecule has 3 aromatic rings. The lowest BCUT2D eigenvalue weighted by atomic mass is 9.98. The average molecular weight is 362 g/mol. The Labute approximate surface area is 123 Å². The van der Waals surface area contributed by atoms with Crippen molar-refractivity contribution >= 4 is 42.6 Å². The van der Waals surface area contributed by atoms with Crippen LogP contribution < -0.4 is 0 Å². The molecular weight excluding hydrogens is 352 g/mol. The molecule has 0 aliphatic carbocycles. The zero-order chi connectivity index (χ0) is 12.5. The van der Waals surface area contributed by atoms with E-state index < -0.39 is 0 Å². The van der Waals surface area contributed by atoms with Crippen LogP contribution in [0.3, 0.4) is 0 Å². The quantitative estimate of drug-likeness (QED) is 0.496. The molecule has 0 N–H and O–H groups in total. The van der Waals surface area contributed by atoms with Gasteiger partial charge in [0, 0.05) is 14.3 Å². The smallest absolute Gasteiger partial charge is 0.0259 e. The summed E-state index contributed by atoms with van der Waals surface area (Å²) in [5.74, 6) is 0. The molecule has 0 saturated carbocycles. The Bertz CT molecular complexity index is 712. The van der Waals surface area contributed by atoms with Crippen molar-refractivity contribution in [2.45, 2.75) is 0 Å². The fourth-order valence-corrected chi connectivity index (χ4v) is 3.19. The first-order valence-corrected chi connectivity index (χ1v) is 7.27. The van der Waals surface area contributed by atoms with Gasteiger partial charge in [0.15, 0.2) is 0 Å². The molecule has 0 aliphatic heterocycles. The first-order chi connectivity index (χ1) is 8.75. The minimum absolute atomic E-state index is 1.10. The molecule has 3 aromatic carbocycles. The predicted octanol–water partition coefficient (Wildman–Crippen LogP) is 6.03. The number of fused-ring (bicyclic) bond motifs is 1. The summed E-state index contributed by atoms with van der Waals surface area (Å²) in [7, 11) is 0. The molecule has 0 nitrogen and oxygen atoms in total. The van der Waals surface area contributed by atoms with E-state index in [1.807, 2.05) is 6.07 Å². The molecule has 0 saturated heterocycles. The number of benzene rings is 3. The van der Waals surface area contributed by atoms with Crippen molar-refractivity contribution in [2.75, 3.05) is 0 Å². The van der Waals surface area contributed by atoms with Crippen molar-refractivity contribution in [1.82, 2.24) is 0 Å². The van der Waals surface area contributed by atoms with Crippen LogP contribution in [0.15, 0.2) is 69.6 Å². The minimum atomic E-state index is 1.10. The standard InChI is InChI=1S/C16H10Br2/c17-13-7-1-6-12(10-13)14-8-2-4-11-5-3-9-15(18)16(11)14/h1-10H. The number of hydrogen-bond donors (Lipinski definition) is 0. The average Bonchev–Trinajstić information content (AvgIpc) is 2.38. The van der Waals surface area contributed by atoms with Crippen molar-refractivity contribution in [1.29, 1.82) is 0 Å². The lowest BCUT2D eigenvalue weighted by Crippen LogP contribution is -1.82. The van der Waals surface area contributed by atoms with Gasteiger partial charge in [0.2, 0.25) is 0 Å². The van der Waals surface area contributed by atoms with Crippen LogP contribution in [0, 0.1) is 0 Å². The molecule has 0 spiro atoms. The van der Waals surface area contributed by atoms with Gasteiger partial charge in [-0.15, -0.1) is 0 Å². The van der Waals surface area contributed by atoms with Crippen LogP contribution in [0.5, 0.6) is 0 Å². The topological polar surface area (TPSA) is 0 Å². The van der Waals surface area contributed by atoms with E-state index in [9.17, 15) is 0 Å². The molecule has 3 rings (SSSR count). The van der Waals surface area contributed by atoms with Crippen LogP contribution in [0.25, 0.3) is 21.9 Å². The maximum absolute atomic E-state index is 3.65. The Morgan fingerprint density at radius 3 is 2.22 bits per heavy atom. The van der Waals surface area contributed by atoms with Crippen molar-refractivity contribution in [3.05, 3.63) is 69.6 Å². The van der Waals surface area contributed by atoms with E-state index >= 15 is 0 Å². The molecule has 0 radical (unpaired) electrons. The van der Waals surface area contributed by atoms with Gasteiger partial charge in [-0.05, 0) is 34.7 Å². The highest BCUT2D eigenvalue weighted by Crippen LogP contribution is 2.34. The maximum atomic E-state index is 3.65. The highest BCUT2D eigenvalue weighted by atomic mass is 79.9. The van der Waals surface area contributed by atoms with Crippen LogP contribution in [0.2, 0.25) is 0 Å². The molecule has 0 aliphatic rings. The third-order valence-corrected chi connectivity index (χ3v) is 4.14. The summed E-state index contributed by atoms with van der Waals surface area (Å²) in [6, 6.07) is 21.1. The Morgan fingerprint density at radius 2 is 1.44 bits per heavy atom. The van der Waals surface area contributed by atoms with E-state index in [1.54, 1.807) is 0 Å². The van der Waals surface area contributed by atoms with Crippen LogP contribution in [-0.4, -0.2) is 0 Å². The Hall–Kier alpha value is -1.12. The Morgan fingerprint density at radius 1 is 0.722 bits per heavy atom. The van der Waals surface area contributed by atoms with Crippen LogP contribution >= 0.6 is 31.9 Å². The summed E-state index contributed by atoms with van der Waals surface area (Å²) in [5.41, 5.74) is 2.48. The maximum Gasteiger partial charge on any atom is 0.0259 e. The van der Waals surface area contributed by atoms with Gasteiger partial charge in [-0.3, -0.25) is 0 Å². The zero-order valence-corrected chi connectivity index (χ0v) is 12.7. The summed E-state index contributed by atoms with van der Waals surface area (Å²) in [5, 5.41) is 2.51. The van der Waals surface area contributed by atoms with Crippen LogP contribution in [-0.2, 0) is 0 Å². The van der Waals surface area contributed by atoms with Gasteiger partial charge in [-0.25, -0.2) is 0 Å². The molecule has 0 amide bonds. The molecule has 18 heavy (non-hydrogen) atoms. The van der Waals surface area contributed by atoms with Gasteiger partial charge in [0.25, 0.3) is 0 Å². The molecule has 0 bridgehead atoms. The molecule has 2 heteroatoms. The number of rotatable bonds is 1. The molecule has 0 heterocycles. The molecule has 88 valence electrons. The van der Waals surface area contributed by atoms with E-state index in [0.29, 0.717) is 0 Å². The van der Waals surface area contributed by atoms with Gasteiger partial charge in [0.05, 0.1) is 0 Å². The second kappa shape index (κ2) is 4.87. The highest BCUT2D eigenvalue weighted by molar-refractivity contribution is 9.11. The van der Waals surface area contributed by atoms with E-state index in [2.05, 4.69) is 86.5 Å². The van der Waals surface area contributed by atoms with Gasteiger partial charge in [-0.2, -0.15) is 0 Å². The van der Waals surface area contributed by atoms with Gasteiger partial charge < -0.3 is 0 Å². The molecule has 0 fully saturated rings. The monoisotopic (exact) mass is 360 g/mol. The van der Waals surface area contributed by atoms with E-state index in [0.717, 1.165) is 8.95 Å². The van der Waals surface area contributed by atoms with Crippen LogP contribution in [0.1, 0.15) is 0 Å². The van der Waals surface area contributed by atoms with E-state index in [-0.39, 0.29) is 0 Å². The third kappa shape index (κ3) is 2.11. The third-order valence-electron chi connectivity index (χ3n) is 2.99. The normalized spacial score (nSPS) is 10.8. The SMILES string of the molecule is Brc1cccc(-c2cccc3cccc(Br)c23)c1. The summed E-state index contributed by atoms with van der Waals surface area (Å²) in [6.45, 7) is 0. The fourth-order valence-electron chi connectivity index (χ4n) is 2.19. The summed E-state index contributed by atoms with van der Waals surface area (Å²) >= 11 is 7.18. The predicted molar refractivity (Wildman–Crippen MR) is 84.8 cm³/mol. The van der Waals surface area contributed by atoms with E-state index in [1.165, 1.54) is 21.9 Å². The largest absolute Gasteiger partial charge is 0.0610 e. The molecule has 0 atom stereocenters. The van der Waals surface area contributed by atoms with Crippen molar-refractivity contribution in [3.8, 4) is 11.1 Å². The number of halogens is 2. The van der Waals surface area contributed by atoms with Gasteiger partial charge >= 0.3 is 0 Å². The molecular formula is C16H10Br2. The van der Waals surface area contributed by atoms with Crippen molar-refractivity contribution in [3.63, 3.8) is 0 Å². The first kappa shape index (κ1) is 11.9. The Balaban J connectivity index is 2.36. The summed E-state index contributed by atoms with van der Waals surface area (Å²) < 4.78 is 2.24. The summed E-state index contributed by atoms with van der Waals surface area (Å²) in [6.07, 6.45) is 0.